The van der Waals surface area contributed by atoms with Gasteiger partial charge in [0.1, 0.15) is 5.75 Å². The van der Waals surface area contributed by atoms with Crippen LogP contribution in [0.1, 0.15) is 31.0 Å². The van der Waals surface area contributed by atoms with Crippen LogP contribution in [0.5, 0.6) is 5.75 Å². The Morgan fingerprint density at radius 3 is 2.44 bits per heavy atom. The molecule has 2 aromatic carbocycles. The van der Waals surface area contributed by atoms with Crippen molar-refractivity contribution in [2.24, 2.45) is 0 Å². The molecule has 0 bridgehead atoms. The molecule has 0 heterocycles. The molecule has 0 aliphatic heterocycles. The summed E-state index contributed by atoms with van der Waals surface area (Å²) in [5.41, 5.74) is 1.69. The third-order valence-electron chi connectivity index (χ3n) is 4.04. The lowest BCUT2D eigenvalue weighted by Gasteiger charge is -2.23. The summed E-state index contributed by atoms with van der Waals surface area (Å²) in [7, 11) is -2.69. The molecule has 2 rings (SSSR count). The molecular weight excluding hydrogens is 432 g/mol. The van der Waals surface area contributed by atoms with Gasteiger partial charge >= 0.3 is 6.03 Å². The summed E-state index contributed by atoms with van der Waals surface area (Å²) in [5.74, 6) is 0.637. The van der Waals surface area contributed by atoms with Crippen molar-refractivity contribution in [2.45, 2.75) is 31.7 Å². The summed E-state index contributed by atoms with van der Waals surface area (Å²) >= 11 is 3.40. The lowest BCUT2D eigenvalue weighted by molar-refractivity contribution is 0.224. The van der Waals surface area contributed by atoms with Crippen molar-refractivity contribution in [3.63, 3.8) is 0 Å². The van der Waals surface area contributed by atoms with Gasteiger partial charge in [0.2, 0.25) is 0 Å². The second-order valence-corrected chi connectivity index (χ2v) is 8.96. The number of sulfonamides is 1. The largest absolute Gasteiger partial charge is 0.494 e. The van der Waals surface area contributed by atoms with Crippen LogP contribution in [0.3, 0.4) is 0 Å². The van der Waals surface area contributed by atoms with Crippen molar-refractivity contribution in [1.82, 2.24) is 9.62 Å². The fourth-order valence-corrected chi connectivity index (χ4v) is 3.92. The van der Waals surface area contributed by atoms with Gasteiger partial charge in [-0.1, -0.05) is 33.6 Å². The van der Waals surface area contributed by atoms with Crippen LogP contribution in [0.15, 0.2) is 51.8 Å². The van der Waals surface area contributed by atoms with Crippen molar-refractivity contribution in [2.75, 3.05) is 13.7 Å². The van der Waals surface area contributed by atoms with Gasteiger partial charge in [-0.25, -0.2) is 17.5 Å². The van der Waals surface area contributed by atoms with Crippen LogP contribution in [0.4, 0.5) is 4.79 Å². The first-order valence-electron chi connectivity index (χ1n) is 8.45. The van der Waals surface area contributed by atoms with Crippen molar-refractivity contribution in [3.8, 4) is 5.75 Å². The maximum atomic E-state index is 12.7. The van der Waals surface area contributed by atoms with Crippen molar-refractivity contribution < 1.29 is 17.9 Å². The van der Waals surface area contributed by atoms with Crippen LogP contribution in [0.25, 0.3) is 0 Å². The van der Waals surface area contributed by atoms with Gasteiger partial charge in [-0.2, -0.15) is 0 Å². The van der Waals surface area contributed by atoms with Gasteiger partial charge in [0.25, 0.3) is 10.0 Å². The minimum Gasteiger partial charge on any atom is -0.494 e. The van der Waals surface area contributed by atoms with Gasteiger partial charge in [0.05, 0.1) is 17.5 Å². The van der Waals surface area contributed by atoms with Crippen LogP contribution < -0.4 is 10.1 Å². The van der Waals surface area contributed by atoms with E-state index in [-0.39, 0.29) is 4.90 Å². The molecule has 1 N–H and O–H groups in total. The number of rotatable bonds is 6. The highest BCUT2D eigenvalue weighted by atomic mass is 79.9. The topological polar surface area (TPSA) is 75.7 Å². The van der Waals surface area contributed by atoms with Crippen molar-refractivity contribution in [3.05, 3.63) is 58.1 Å². The Balaban J connectivity index is 2.21. The highest BCUT2D eigenvalue weighted by Gasteiger charge is 2.27. The summed E-state index contributed by atoms with van der Waals surface area (Å²) in [6, 6.07) is 10.7. The molecule has 2 aromatic rings. The number of urea groups is 1. The SMILES string of the molecule is CCOc1ccc(Br)cc1C(C)NC(=O)N(C)S(=O)(=O)c1ccc(C)cc1. The van der Waals surface area contributed by atoms with E-state index in [0.29, 0.717) is 16.7 Å². The molecule has 6 nitrogen and oxygen atoms in total. The van der Waals surface area contributed by atoms with E-state index in [2.05, 4.69) is 21.2 Å². The number of hydrogen-bond acceptors (Lipinski definition) is 4. The van der Waals surface area contributed by atoms with Gasteiger partial charge in [0.15, 0.2) is 0 Å². The van der Waals surface area contributed by atoms with Gasteiger partial charge in [-0.05, 0) is 51.1 Å². The van der Waals surface area contributed by atoms with Crippen LogP contribution in [-0.4, -0.2) is 32.4 Å². The third kappa shape index (κ3) is 5.01. The lowest BCUT2D eigenvalue weighted by atomic mass is 10.1. The number of amides is 2. The maximum absolute atomic E-state index is 12.7. The van der Waals surface area contributed by atoms with Gasteiger partial charge < -0.3 is 10.1 Å². The number of ether oxygens (including phenoxy) is 1. The Kier molecular flexibility index (Phi) is 6.89. The quantitative estimate of drug-likeness (QED) is 0.707. The predicted octanol–water partition coefficient (Wildman–Crippen LogP) is 4.25. The number of hydrogen-bond donors (Lipinski definition) is 1. The van der Waals surface area contributed by atoms with Crippen molar-refractivity contribution in [1.29, 1.82) is 0 Å². The van der Waals surface area contributed by atoms with Crippen LogP contribution in [-0.2, 0) is 10.0 Å². The first kappa shape index (κ1) is 21.2. The molecule has 0 spiro atoms. The smallest absolute Gasteiger partial charge is 0.331 e. The normalized spacial score (nSPS) is 12.3. The Morgan fingerprint density at radius 1 is 1.22 bits per heavy atom. The maximum Gasteiger partial charge on any atom is 0.331 e. The van der Waals surface area contributed by atoms with E-state index in [0.717, 1.165) is 15.6 Å². The fourth-order valence-electron chi connectivity index (χ4n) is 2.48. The summed E-state index contributed by atoms with van der Waals surface area (Å²) in [6.07, 6.45) is 0. The second kappa shape index (κ2) is 8.75. The summed E-state index contributed by atoms with van der Waals surface area (Å²) < 4.78 is 32.5. The fraction of sp³-hybridized carbons (Fsp3) is 0.316. The van der Waals surface area contributed by atoms with E-state index in [1.165, 1.54) is 19.2 Å². The van der Waals surface area contributed by atoms with Crippen LogP contribution in [0, 0.1) is 6.92 Å². The minimum atomic E-state index is -3.93. The molecule has 0 saturated heterocycles. The van der Waals surface area contributed by atoms with E-state index in [4.69, 9.17) is 4.74 Å². The molecule has 0 fully saturated rings. The number of nitrogens with one attached hydrogen (secondary N) is 1. The summed E-state index contributed by atoms with van der Waals surface area (Å²) in [6.45, 7) is 5.99. The molecule has 0 aromatic heterocycles. The lowest BCUT2D eigenvalue weighted by Crippen LogP contribution is -2.42. The van der Waals surface area contributed by atoms with Gasteiger partial charge in [-0.15, -0.1) is 0 Å². The summed E-state index contributed by atoms with van der Waals surface area (Å²) in [5, 5.41) is 2.72. The minimum absolute atomic E-state index is 0.0656. The number of aryl methyl sites for hydroxylation is 1. The van der Waals surface area contributed by atoms with E-state index < -0.39 is 22.1 Å². The number of carbonyl (C=O) groups is 1. The third-order valence-corrected chi connectivity index (χ3v) is 6.29. The van der Waals surface area contributed by atoms with Crippen molar-refractivity contribution >= 4 is 32.0 Å². The first-order chi connectivity index (χ1) is 12.7. The monoisotopic (exact) mass is 454 g/mol. The van der Waals surface area contributed by atoms with E-state index in [1.54, 1.807) is 25.1 Å². The number of benzene rings is 2. The molecule has 1 atom stereocenters. The molecule has 8 heteroatoms. The predicted molar refractivity (Wildman–Crippen MR) is 108 cm³/mol. The molecule has 146 valence electrons. The van der Waals surface area contributed by atoms with E-state index >= 15 is 0 Å². The molecule has 0 radical (unpaired) electrons. The molecule has 0 aliphatic rings. The number of nitrogens with zero attached hydrogens (tertiary/aromatic N) is 1. The Morgan fingerprint density at radius 2 is 1.85 bits per heavy atom. The van der Waals surface area contributed by atoms with E-state index in [1.807, 2.05) is 26.0 Å². The second-order valence-electron chi connectivity index (χ2n) is 6.07. The van der Waals surface area contributed by atoms with Gasteiger partial charge in [0, 0.05) is 17.1 Å². The van der Waals surface area contributed by atoms with Crippen LogP contribution >= 0.6 is 15.9 Å². The van der Waals surface area contributed by atoms with E-state index in [9.17, 15) is 13.2 Å². The number of halogens is 1. The Labute approximate surface area is 168 Å². The standard InChI is InChI=1S/C19H23BrN2O4S/c1-5-26-18-11-8-15(20)12-17(18)14(3)21-19(23)22(4)27(24,25)16-9-6-13(2)7-10-16/h6-12,14H,5H2,1-4H3,(H,21,23). The average molecular weight is 455 g/mol. The highest BCUT2D eigenvalue weighted by Crippen LogP contribution is 2.29. The molecule has 2 amide bonds. The molecular formula is C19H23BrN2O4S. The molecule has 1 unspecified atom stereocenters. The van der Waals surface area contributed by atoms with Crippen LogP contribution in [0.2, 0.25) is 0 Å². The molecule has 0 aliphatic carbocycles. The zero-order chi connectivity index (χ0) is 20.2. The summed E-state index contributed by atoms with van der Waals surface area (Å²) in [4.78, 5) is 12.6. The molecule has 27 heavy (non-hydrogen) atoms. The zero-order valence-electron chi connectivity index (χ0n) is 15.7. The average Bonchev–Trinajstić information content (AvgIpc) is 2.62. The first-order valence-corrected chi connectivity index (χ1v) is 10.7. The van der Waals surface area contributed by atoms with Gasteiger partial charge in [-0.3, -0.25) is 0 Å². The zero-order valence-corrected chi connectivity index (χ0v) is 18.1. The molecule has 0 saturated carbocycles. The Hall–Kier alpha value is -2.06. The highest BCUT2D eigenvalue weighted by molar-refractivity contribution is 9.10. The number of carbonyl (C=O) groups excluding carboxylic acids is 1. The Bertz CT molecular complexity index is 914.